The summed E-state index contributed by atoms with van der Waals surface area (Å²) in [5.41, 5.74) is 2.01. The van der Waals surface area contributed by atoms with Crippen molar-refractivity contribution in [1.82, 2.24) is 9.80 Å². The first kappa shape index (κ1) is 20.5. The van der Waals surface area contributed by atoms with Crippen LogP contribution in [0.3, 0.4) is 0 Å². The van der Waals surface area contributed by atoms with Crippen molar-refractivity contribution < 1.29 is 19.0 Å². The van der Waals surface area contributed by atoms with Gasteiger partial charge in [-0.25, -0.2) is 0 Å². The molecule has 1 fully saturated rings. The minimum absolute atomic E-state index is 0.151. The Bertz CT molecular complexity index is 617. The zero-order chi connectivity index (χ0) is 19.3. The Balaban J connectivity index is 1.88. The van der Waals surface area contributed by atoms with Crippen LogP contribution in [0.1, 0.15) is 31.9 Å². The Kier molecular flexibility index (Phi) is 6.89. The molecule has 0 N–H and O–H groups in total. The van der Waals surface area contributed by atoms with Crippen molar-refractivity contribution in [3.63, 3.8) is 0 Å². The van der Waals surface area contributed by atoms with E-state index in [4.69, 9.17) is 14.2 Å². The number of ether oxygens (including phenoxy) is 3. The van der Waals surface area contributed by atoms with Crippen LogP contribution in [0, 0.1) is 6.92 Å². The molecule has 0 aromatic heterocycles. The van der Waals surface area contributed by atoms with Crippen molar-refractivity contribution in [1.29, 1.82) is 0 Å². The number of esters is 1. The number of rotatable bonds is 6. The molecule has 1 aromatic rings. The maximum absolute atomic E-state index is 12.0. The van der Waals surface area contributed by atoms with E-state index in [1.165, 1.54) is 11.1 Å². The lowest BCUT2D eigenvalue weighted by atomic mass is 10.1. The fourth-order valence-electron chi connectivity index (χ4n) is 3.10. The van der Waals surface area contributed by atoms with E-state index in [2.05, 4.69) is 22.8 Å². The van der Waals surface area contributed by atoms with Crippen molar-refractivity contribution in [2.45, 2.75) is 39.8 Å². The number of methoxy groups -OCH3 is 2. The molecule has 6 heteroatoms. The van der Waals surface area contributed by atoms with Crippen molar-refractivity contribution in [3.05, 3.63) is 23.3 Å². The van der Waals surface area contributed by atoms with Gasteiger partial charge in [-0.3, -0.25) is 14.6 Å². The molecule has 146 valence electrons. The van der Waals surface area contributed by atoms with Gasteiger partial charge in [-0.15, -0.1) is 0 Å². The molecule has 0 spiro atoms. The van der Waals surface area contributed by atoms with E-state index in [1.54, 1.807) is 14.2 Å². The van der Waals surface area contributed by atoms with Crippen molar-refractivity contribution >= 4 is 5.97 Å². The Morgan fingerprint density at radius 1 is 1.00 bits per heavy atom. The third-order valence-corrected chi connectivity index (χ3v) is 4.47. The molecule has 2 rings (SSSR count). The van der Waals surface area contributed by atoms with E-state index in [-0.39, 0.29) is 5.97 Å². The molecule has 1 aliphatic rings. The third-order valence-electron chi connectivity index (χ3n) is 4.47. The number of piperazine rings is 1. The molecule has 0 aliphatic carbocycles. The summed E-state index contributed by atoms with van der Waals surface area (Å²) in [6.07, 6.45) is 0. The fourth-order valence-corrected chi connectivity index (χ4v) is 3.10. The van der Waals surface area contributed by atoms with Gasteiger partial charge in [0.05, 0.1) is 20.8 Å². The van der Waals surface area contributed by atoms with E-state index in [9.17, 15) is 4.79 Å². The summed E-state index contributed by atoms with van der Waals surface area (Å²) in [4.78, 5) is 16.5. The zero-order valence-corrected chi connectivity index (χ0v) is 16.9. The number of carbonyl (C=O) groups is 1. The van der Waals surface area contributed by atoms with Crippen LogP contribution < -0.4 is 9.47 Å². The summed E-state index contributed by atoms with van der Waals surface area (Å²) in [5, 5.41) is 0. The first-order valence-corrected chi connectivity index (χ1v) is 9.10. The number of benzene rings is 1. The van der Waals surface area contributed by atoms with Crippen LogP contribution in [-0.4, -0.2) is 68.3 Å². The molecule has 0 saturated carbocycles. The van der Waals surface area contributed by atoms with Gasteiger partial charge in [0.2, 0.25) is 0 Å². The number of hydrogen-bond donors (Lipinski definition) is 0. The number of hydrogen-bond acceptors (Lipinski definition) is 6. The molecule has 0 atom stereocenters. The predicted octanol–water partition coefficient (Wildman–Crippen LogP) is 2.47. The van der Waals surface area contributed by atoms with E-state index >= 15 is 0 Å². The third kappa shape index (κ3) is 5.88. The van der Waals surface area contributed by atoms with Gasteiger partial charge in [-0.1, -0.05) is 0 Å². The molecule has 1 aliphatic heterocycles. The Hall–Kier alpha value is -1.79. The van der Waals surface area contributed by atoms with Gasteiger partial charge in [0, 0.05) is 32.7 Å². The lowest BCUT2D eigenvalue weighted by Gasteiger charge is -2.35. The first-order valence-electron chi connectivity index (χ1n) is 9.10. The second-order valence-electron chi connectivity index (χ2n) is 7.77. The number of aryl methyl sites for hydroxylation is 1. The number of carbonyl (C=O) groups excluding carboxylic acids is 1. The molecule has 0 radical (unpaired) electrons. The van der Waals surface area contributed by atoms with Crippen LogP contribution in [0.5, 0.6) is 11.5 Å². The van der Waals surface area contributed by atoms with Crippen LogP contribution in [0.2, 0.25) is 0 Å². The zero-order valence-electron chi connectivity index (χ0n) is 16.9. The van der Waals surface area contributed by atoms with Crippen LogP contribution in [0.15, 0.2) is 12.1 Å². The summed E-state index contributed by atoms with van der Waals surface area (Å²) in [6, 6.07) is 4.08. The van der Waals surface area contributed by atoms with Gasteiger partial charge in [-0.05, 0) is 51.0 Å². The quantitative estimate of drug-likeness (QED) is 0.723. The average Bonchev–Trinajstić information content (AvgIpc) is 2.56. The molecule has 1 saturated heterocycles. The number of nitrogens with zero attached hydrogens (tertiary/aromatic N) is 2. The Morgan fingerprint density at radius 2 is 1.54 bits per heavy atom. The van der Waals surface area contributed by atoms with E-state index in [0.717, 1.165) is 44.2 Å². The van der Waals surface area contributed by atoms with Crippen LogP contribution in [-0.2, 0) is 16.1 Å². The highest BCUT2D eigenvalue weighted by atomic mass is 16.6. The van der Waals surface area contributed by atoms with Crippen molar-refractivity contribution in [2.75, 3.05) is 46.9 Å². The standard InChI is InChI=1S/C20H32N2O4/c1-15-11-17(24-5)18(25-6)12-16(15)13-21-7-9-22(10-8-21)14-19(23)26-20(2,3)4/h11-12H,7-10,13-14H2,1-6H3. The minimum Gasteiger partial charge on any atom is -0.493 e. The molecule has 6 nitrogen and oxygen atoms in total. The van der Waals surface area contributed by atoms with Gasteiger partial charge in [0.15, 0.2) is 11.5 Å². The van der Waals surface area contributed by atoms with Gasteiger partial charge in [0.1, 0.15) is 5.60 Å². The van der Waals surface area contributed by atoms with Gasteiger partial charge in [0.25, 0.3) is 0 Å². The van der Waals surface area contributed by atoms with Crippen molar-refractivity contribution in [3.8, 4) is 11.5 Å². The van der Waals surface area contributed by atoms with Crippen LogP contribution >= 0.6 is 0 Å². The van der Waals surface area contributed by atoms with Crippen LogP contribution in [0.25, 0.3) is 0 Å². The maximum atomic E-state index is 12.0. The molecule has 0 bridgehead atoms. The normalized spacial score (nSPS) is 16.4. The maximum Gasteiger partial charge on any atom is 0.320 e. The van der Waals surface area contributed by atoms with E-state index < -0.39 is 5.60 Å². The molecule has 0 unspecified atom stereocenters. The van der Waals surface area contributed by atoms with Crippen molar-refractivity contribution in [2.24, 2.45) is 0 Å². The molecular formula is C20H32N2O4. The lowest BCUT2D eigenvalue weighted by molar-refractivity contribution is -0.156. The fraction of sp³-hybridized carbons (Fsp3) is 0.650. The highest BCUT2D eigenvalue weighted by Crippen LogP contribution is 2.30. The molecule has 1 aromatic carbocycles. The average molecular weight is 364 g/mol. The van der Waals surface area contributed by atoms with E-state index in [1.807, 2.05) is 26.8 Å². The molecule has 0 amide bonds. The Labute approximate surface area is 157 Å². The molecule has 1 heterocycles. The van der Waals surface area contributed by atoms with Crippen LogP contribution in [0.4, 0.5) is 0 Å². The summed E-state index contributed by atoms with van der Waals surface area (Å²) >= 11 is 0. The van der Waals surface area contributed by atoms with Gasteiger partial charge in [-0.2, -0.15) is 0 Å². The monoisotopic (exact) mass is 364 g/mol. The van der Waals surface area contributed by atoms with Gasteiger partial charge < -0.3 is 14.2 Å². The first-order chi connectivity index (χ1) is 12.2. The SMILES string of the molecule is COc1cc(C)c(CN2CCN(CC(=O)OC(C)(C)C)CC2)cc1OC. The highest BCUT2D eigenvalue weighted by molar-refractivity contribution is 5.72. The molecule has 26 heavy (non-hydrogen) atoms. The summed E-state index contributed by atoms with van der Waals surface area (Å²) < 4.78 is 16.2. The minimum atomic E-state index is -0.427. The van der Waals surface area contributed by atoms with Gasteiger partial charge >= 0.3 is 5.97 Å². The predicted molar refractivity (Wildman–Crippen MR) is 102 cm³/mol. The summed E-state index contributed by atoms with van der Waals surface area (Å²) in [7, 11) is 3.31. The lowest BCUT2D eigenvalue weighted by Crippen LogP contribution is -2.48. The second-order valence-corrected chi connectivity index (χ2v) is 7.77. The second kappa shape index (κ2) is 8.73. The summed E-state index contributed by atoms with van der Waals surface area (Å²) in [6.45, 7) is 12.6. The Morgan fingerprint density at radius 3 is 2.08 bits per heavy atom. The highest BCUT2D eigenvalue weighted by Gasteiger charge is 2.23. The topological polar surface area (TPSA) is 51.2 Å². The molecular weight excluding hydrogens is 332 g/mol. The largest absolute Gasteiger partial charge is 0.493 e. The smallest absolute Gasteiger partial charge is 0.320 e. The van der Waals surface area contributed by atoms with E-state index in [0.29, 0.717) is 6.54 Å². The summed E-state index contributed by atoms with van der Waals surface area (Å²) in [5.74, 6) is 1.37.